The molecular formula is C22H28FNO3. The molecule has 3 fully saturated rings. The first-order chi connectivity index (χ1) is 12.6. The topological polar surface area (TPSA) is 78.2 Å². The Morgan fingerprint density at radius 1 is 1.33 bits per heavy atom. The molecule has 1 N–H and O–H groups in total. The van der Waals surface area contributed by atoms with Crippen molar-refractivity contribution >= 4 is 11.6 Å². The van der Waals surface area contributed by atoms with E-state index >= 15 is 4.39 Å². The molecule has 0 saturated heterocycles. The number of aliphatic hydroxyl groups is 1. The van der Waals surface area contributed by atoms with E-state index in [-0.39, 0.29) is 29.8 Å². The molecule has 0 radical (unpaired) electrons. The molecule has 146 valence electrons. The zero-order chi connectivity index (χ0) is 19.8. The second-order valence-corrected chi connectivity index (χ2v) is 9.77. The van der Waals surface area contributed by atoms with Gasteiger partial charge in [0, 0.05) is 23.7 Å². The number of aliphatic hydroxyl groups excluding tert-OH is 1. The maximum atomic E-state index is 16.9. The Kier molecular flexibility index (Phi) is 3.99. The lowest BCUT2D eigenvalue weighted by Crippen LogP contribution is -2.67. The van der Waals surface area contributed by atoms with Crippen molar-refractivity contribution in [2.75, 3.05) is 0 Å². The normalized spacial score (nSPS) is 51.5. The van der Waals surface area contributed by atoms with Crippen molar-refractivity contribution in [1.29, 1.82) is 5.26 Å². The monoisotopic (exact) mass is 373 g/mol. The highest BCUT2D eigenvalue weighted by Gasteiger charge is 2.72. The number of carbonyl (C=O) groups excluding carboxylic acids is 2. The van der Waals surface area contributed by atoms with E-state index < -0.39 is 34.4 Å². The first kappa shape index (κ1) is 18.8. The van der Waals surface area contributed by atoms with Crippen LogP contribution in [0.15, 0.2) is 11.6 Å². The molecule has 4 nitrogen and oxygen atoms in total. The standard InChI is InChI=1S/C22H28FNO3/c1-12(25)19-13(11-24)8-17-16-5-4-14-9-15(26)6-7-21(14,3)22(16,23)18(27)10-20(17,19)2/h9,13,16-19,27H,4-8,10H2,1-3H3/t13-,16-,17-,18-,19-,20-,21-,22-/m0/s1. The van der Waals surface area contributed by atoms with E-state index in [2.05, 4.69) is 6.07 Å². The minimum absolute atomic E-state index is 0.0315. The van der Waals surface area contributed by atoms with Gasteiger partial charge in [-0.1, -0.05) is 19.4 Å². The van der Waals surface area contributed by atoms with Crippen molar-refractivity contribution in [3.8, 4) is 6.07 Å². The van der Waals surface area contributed by atoms with Crippen molar-refractivity contribution in [1.82, 2.24) is 0 Å². The SMILES string of the molecule is CC(=O)[C@H]1[C@H](C#N)C[C@H]2[C@@H]3CCC4=CC(=O)CC[C@]4(C)[C@@]3(F)[C@@H](O)C[C@@]21C. The number of rotatable bonds is 1. The number of nitriles is 1. The molecular weight excluding hydrogens is 345 g/mol. The molecule has 0 spiro atoms. The summed E-state index contributed by atoms with van der Waals surface area (Å²) in [6.07, 6.45) is 3.08. The number of Topliss-reactive ketones (excluding diaryl/α,β-unsaturated/α-hetero) is 1. The molecule has 0 aromatic carbocycles. The predicted octanol–water partition coefficient (Wildman–Crippen LogP) is 3.54. The molecule has 3 saturated carbocycles. The van der Waals surface area contributed by atoms with Crippen LogP contribution in [-0.4, -0.2) is 28.4 Å². The molecule has 0 aromatic rings. The van der Waals surface area contributed by atoms with Crippen LogP contribution in [0.5, 0.6) is 0 Å². The van der Waals surface area contributed by atoms with Gasteiger partial charge in [0.1, 0.15) is 11.5 Å². The molecule has 27 heavy (non-hydrogen) atoms. The average Bonchev–Trinajstić information content (AvgIpc) is 2.89. The molecule has 0 amide bonds. The lowest BCUT2D eigenvalue weighted by molar-refractivity contribution is -0.208. The van der Waals surface area contributed by atoms with Crippen LogP contribution in [-0.2, 0) is 9.59 Å². The Hall–Kier alpha value is -1.54. The number of halogens is 1. The van der Waals surface area contributed by atoms with Crippen LogP contribution >= 0.6 is 0 Å². The molecule has 4 rings (SSSR count). The Balaban J connectivity index is 1.82. The number of hydrogen-bond donors (Lipinski definition) is 1. The average molecular weight is 373 g/mol. The van der Waals surface area contributed by atoms with Crippen molar-refractivity contribution in [3.05, 3.63) is 11.6 Å². The largest absolute Gasteiger partial charge is 0.390 e. The summed E-state index contributed by atoms with van der Waals surface area (Å²) in [6, 6.07) is 2.29. The summed E-state index contributed by atoms with van der Waals surface area (Å²) in [4.78, 5) is 24.3. The molecule has 5 heteroatoms. The lowest BCUT2D eigenvalue weighted by Gasteiger charge is -2.62. The molecule has 0 unspecified atom stereocenters. The summed E-state index contributed by atoms with van der Waals surface area (Å²) in [5.41, 5.74) is -2.37. The van der Waals surface area contributed by atoms with Crippen LogP contribution in [0.2, 0.25) is 0 Å². The molecule has 8 atom stereocenters. The van der Waals surface area contributed by atoms with Gasteiger partial charge in [0.05, 0.1) is 18.1 Å². The number of ketones is 2. The summed E-state index contributed by atoms with van der Waals surface area (Å²) in [6.45, 7) is 5.35. The van der Waals surface area contributed by atoms with E-state index in [9.17, 15) is 20.0 Å². The lowest BCUT2D eigenvalue weighted by atomic mass is 9.44. The minimum Gasteiger partial charge on any atom is -0.390 e. The molecule has 0 aliphatic heterocycles. The third kappa shape index (κ3) is 2.17. The highest BCUT2D eigenvalue weighted by atomic mass is 19.1. The smallest absolute Gasteiger partial charge is 0.155 e. The van der Waals surface area contributed by atoms with Crippen LogP contribution in [0.25, 0.3) is 0 Å². The third-order valence-corrected chi connectivity index (χ3v) is 8.70. The van der Waals surface area contributed by atoms with E-state index in [1.807, 2.05) is 13.8 Å². The molecule has 4 aliphatic carbocycles. The Morgan fingerprint density at radius 2 is 2.04 bits per heavy atom. The number of alkyl halides is 1. The van der Waals surface area contributed by atoms with Crippen LogP contribution < -0.4 is 0 Å². The first-order valence-corrected chi connectivity index (χ1v) is 10.1. The Bertz CT molecular complexity index is 785. The highest BCUT2D eigenvalue weighted by molar-refractivity contribution is 5.91. The van der Waals surface area contributed by atoms with Gasteiger partial charge in [-0.05, 0) is 56.4 Å². The van der Waals surface area contributed by atoms with Gasteiger partial charge in [0.25, 0.3) is 0 Å². The molecule has 0 heterocycles. The van der Waals surface area contributed by atoms with Gasteiger partial charge in [0.15, 0.2) is 5.78 Å². The van der Waals surface area contributed by atoms with Crippen molar-refractivity contribution < 1.29 is 19.1 Å². The van der Waals surface area contributed by atoms with Crippen molar-refractivity contribution in [2.45, 2.75) is 71.1 Å². The van der Waals surface area contributed by atoms with Gasteiger partial charge < -0.3 is 5.11 Å². The van der Waals surface area contributed by atoms with E-state index in [1.165, 1.54) is 6.92 Å². The van der Waals surface area contributed by atoms with Gasteiger partial charge in [-0.25, -0.2) is 4.39 Å². The fourth-order valence-electron chi connectivity index (χ4n) is 7.50. The van der Waals surface area contributed by atoms with Crippen molar-refractivity contribution in [3.63, 3.8) is 0 Å². The summed E-state index contributed by atoms with van der Waals surface area (Å²) < 4.78 is 16.9. The summed E-state index contributed by atoms with van der Waals surface area (Å²) >= 11 is 0. The fourth-order valence-corrected chi connectivity index (χ4v) is 7.50. The fraction of sp³-hybridized carbons (Fsp3) is 0.773. The predicted molar refractivity (Wildman–Crippen MR) is 97.1 cm³/mol. The second kappa shape index (κ2) is 5.73. The van der Waals surface area contributed by atoms with Crippen LogP contribution in [0.1, 0.15) is 59.3 Å². The number of fused-ring (bicyclic) bond motifs is 5. The van der Waals surface area contributed by atoms with Crippen molar-refractivity contribution in [2.24, 2.45) is 34.5 Å². The van der Waals surface area contributed by atoms with E-state index in [0.717, 1.165) is 5.57 Å². The summed E-state index contributed by atoms with van der Waals surface area (Å²) in [5, 5.41) is 20.8. The number of carbonyl (C=O) groups is 2. The van der Waals surface area contributed by atoms with Crippen LogP contribution in [0, 0.1) is 45.8 Å². The van der Waals surface area contributed by atoms with E-state index in [4.69, 9.17) is 0 Å². The summed E-state index contributed by atoms with van der Waals surface area (Å²) in [7, 11) is 0. The third-order valence-electron chi connectivity index (χ3n) is 8.70. The number of nitrogens with zero attached hydrogens (tertiary/aromatic N) is 1. The van der Waals surface area contributed by atoms with Crippen LogP contribution in [0.3, 0.4) is 0 Å². The molecule has 4 aliphatic rings. The minimum atomic E-state index is -1.81. The first-order valence-electron chi connectivity index (χ1n) is 10.1. The summed E-state index contributed by atoms with van der Waals surface area (Å²) in [5.74, 6) is -1.32. The van der Waals surface area contributed by atoms with Gasteiger partial charge in [0.2, 0.25) is 0 Å². The van der Waals surface area contributed by atoms with Gasteiger partial charge in [-0.3, -0.25) is 9.59 Å². The maximum absolute atomic E-state index is 16.9. The number of hydrogen-bond acceptors (Lipinski definition) is 4. The quantitative estimate of drug-likeness (QED) is 0.763. The van der Waals surface area contributed by atoms with E-state index in [0.29, 0.717) is 32.1 Å². The highest BCUT2D eigenvalue weighted by Crippen LogP contribution is 2.70. The maximum Gasteiger partial charge on any atom is 0.155 e. The zero-order valence-corrected chi connectivity index (χ0v) is 16.3. The van der Waals surface area contributed by atoms with Gasteiger partial charge in [-0.2, -0.15) is 5.26 Å². The van der Waals surface area contributed by atoms with E-state index in [1.54, 1.807) is 6.08 Å². The molecule has 0 bridgehead atoms. The van der Waals surface area contributed by atoms with Crippen LogP contribution in [0.4, 0.5) is 4.39 Å². The number of allylic oxidation sites excluding steroid dienone is 1. The zero-order valence-electron chi connectivity index (χ0n) is 16.3. The van der Waals surface area contributed by atoms with Gasteiger partial charge >= 0.3 is 0 Å². The Labute approximate surface area is 159 Å². The van der Waals surface area contributed by atoms with Gasteiger partial charge in [-0.15, -0.1) is 0 Å². The second-order valence-electron chi connectivity index (χ2n) is 9.77. The Morgan fingerprint density at radius 3 is 2.67 bits per heavy atom. The molecule has 0 aromatic heterocycles.